The van der Waals surface area contributed by atoms with Crippen molar-refractivity contribution in [2.45, 2.75) is 6.42 Å². The number of rotatable bonds is 3. The van der Waals surface area contributed by atoms with E-state index in [0.29, 0.717) is 5.56 Å². The normalized spacial score (nSPS) is 13.1. The molecule has 0 bridgehead atoms. The number of pyridine rings is 1. The maximum Gasteiger partial charge on any atom is 0.248 e. The van der Waals surface area contributed by atoms with Crippen LogP contribution in [0.4, 0.5) is 11.5 Å². The number of aromatic nitrogens is 1. The molecule has 0 saturated carbocycles. The van der Waals surface area contributed by atoms with E-state index in [9.17, 15) is 4.79 Å². The van der Waals surface area contributed by atoms with Crippen LogP contribution >= 0.6 is 0 Å². The van der Waals surface area contributed by atoms with Crippen LogP contribution in [0.3, 0.4) is 0 Å². The molecule has 0 fully saturated rings. The number of hydrogen-bond acceptors (Lipinski definition) is 4. The topological polar surface area (TPSA) is 68.4 Å². The molecule has 2 aromatic carbocycles. The first-order valence-corrected chi connectivity index (χ1v) is 7.81. The number of carbonyl (C=O) groups excluding carboxylic acids is 1. The van der Waals surface area contributed by atoms with Gasteiger partial charge in [-0.3, -0.25) is 4.79 Å². The van der Waals surface area contributed by atoms with Gasteiger partial charge in [0.15, 0.2) is 0 Å². The fourth-order valence-corrected chi connectivity index (χ4v) is 3.12. The van der Waals surface area contributed by atoms with Gasteiger partial charge in [-0.05, 0) is 54.4 Å². The molecule has 1 amide bonds. The fraction of sp³-hybridized carbons (Fsp3) is 0.158. The van der Waals surface area contributed by atoms with Crippen molar-refractivity contribution in [3.8, 4) is 5.75 Å². The fourth-order valence-electron chi connectivity index (χ4n) is 3.12. The van der Waals surface area contributed by atoms with Crippen LogP contribution < -0.4 is 15.4 Å². The second-order valence-corrected chi connectivity index (χ2v) is 5.84. The number of hydrogen-bond donors (Lipinski definition) is 1. The van der Waals surface area contributed by atoms with Gasteiger partial charge in [0.1, 0.15) is 11.6 Å². The summed E-state index contributed by atoms with van der Waals surface area (Å²) < 4.78 is 5.29. The standard InChI is InChI=1S/C19H17N3O2/c1-24-16-7-4-13-10-14-8-9-22(19(14)21-17(13)11-16)15-5-2-12(3-6-15)18(20)23/h2-7,10-11H,8-9H2,1H3,(H2,20,23). The highest BCUT2D eigenvalue weighted by Crippen LogP contribution is 2.35. The largest absolute Gasteiger partial charge is 0.497 e. The minimum absolute atomic E-state index is 0.417. The average molecular weight is 319 g/mol. The molecule has 5 nitrogen and oxygen atoms in total. The van der Waals surface area contributed by atoms with Gasteiger partial charge in [0, 0.05) is 29.2 Å². The Morgan fingerprint density at radius 1 is 1.17 bits per heavy atom. The summed E-state index contributed by atoms with van der Waals surface area (Å²) >= 11 is 0. The summed E-state index contributed by atoms with van der Waals surface area (Å²) in [6.45, 7) is 0.867. The van der Waals surface area contributed by atoms with E-state index in [1.165, 1.54) is 5.56 Å². The molecule has 1 aliphatic rings. The highest BCUT2D eigenvalue weighted by atomic mass is 16.5. The van der Waals surface area contributed by atoms with Crippen LogP contribution in [0.2, 0.25) is 0 Å². The number of anilines is 2. The van der Waals surface area contributed by atoms with Crippen molar-refractivity contribution in [2.24, 2.45) is 5.73 Å². The van der Waals surface area contributed by atoms with Gasteiger partial charge in [-0.15, -0.1) is 0 Å². The number of carbonyl (C=O) groups is 1. The van der Waals surface area contributed by atoms with Crippen molar-refractivity contribution in [3.63, 3.8) is 0 Å². The van der Waals surface area contributed by atoms with E-state index >= 15 is 0 Å². The van der Waals surface area contributed by atoms with Gasteiger partial charge >= 0.3 is 0 Å². The first kappa shape index (κ1) is 14.5. The van der Waals surface area contributed by atoms with Crippen LogP contribution in [-0.2, 0) is 6.42 Å². The van der Waals surface area contributed by atoms with E-state index in [1.54, 1.807) is 19.2 Å². The van der Waals surface area contributed by atoms with Crippen LogP contribution in [0.25, 0.3) is 10.9 Å². The Kier molecular flexibility index (Phi) is 3.34. The smallest absolute Gasteiger partial charge is 0.248 e. The second-order valence-electron chi connectivity index (χ2n) is 5.84. The minimum atomic E-state index is -0.417. The van der Waals surface area contributed by atoms with Crippen molar-refractivity contribution in [1.82, 2.24) is 4.98 Å². The lowest BCUT2D eigenvalue weighted by atomic mass is 10.1. The van der Waals surface area contributed by atoms with Gasteiger partial charge in [-0.25, -0.2) is 4.98 Å². The number of ether oxygens (including phenoxy) is 1. The zero-order valence-electron chi connectivity index (χ0n) is 13.3. The van der Waals surface area contributed by atoms with E-state index in [4.69, 9.17) is 15.5 Å². The molecule has 0 atom stereocenters. The summed E-state index contributed by atoms with van der Waals surface area (Å²) in [6.07, 6.45) is 0.946. The van der Waals surface area contributed by atoms with Crippen molar-refractivity contribution >= 4 is 28.3 Å². The van der Waals surface area contributed by atoms with Crippen LogP contribution in [-0.4, -0.2) is 24.5 Å². The number of benzene rings is 2. The third-order valence-electron chi connectivity index (χ3n) is 4.40. The van der Waals surface area contributed by atoms with Crippen molar-refractivity contribution < 1.29 is 9.53 Å². The molecule has 2 N–H and O–H groups in total. The Labute approximate surface area is 139 Å². The molecule has 4 rings (SSSR count). The Morgan fingerprint density at radius 3 is 2.67 bits per heavy atom. The molecule has 3 aromatic rings. The molecule has 0 aliphatic carbocycles. The summed E-state index contributed by atoms with van der Waals surface area (Å²) in [6, 6.07) is 15.4. The maximum absolute atomic E-state index is 11.2. The number of primary amides is 1. The van der Waals surface area contributed by atoms with E-state index < -0.39 is 5.91 Å². The van der Waals surface area contributed by atoms with Crippen molar-refractivity contribution in [2.75, 3.05) is 18.6 Å². The Morgan fingerprint density at radius 2 is 1.96 bits per heavy atom. The monoisotopic (exact) mass is 319 g/mol. The summed E-state index contributed by atoms with van der Waals surface area (Å²) in [5.41, 5.74) is 8.96. The highest BCUT2D eigenvalue weighted by molar-refractivity contribution is 5.93. The predicted molar refractivity (Wildman–Crippen MR) is 94.0 cm³/mol. The van der Waals surface area contributed by atoms with Gasteiger partial charge in [-0.1, -0.05) is 0 Å². The van der Waals surface area contributed by atoms with E-state index in [0.717, 1.165) is 41.1 Å². The van der Waals surface area contributed by atoms with Gasteiger partial charge < -0.3 is 15.4 Å². The summed E-state index contributed by atoms with van der Waals surface area (Å²) in [5.74, 6) is 1.34. The first-order valence-electron chi connectivity index (χ1n) is 7.81. The second kappa shape index (κ2) is 5.53. The van der Waals surface area contributed by atoms with Crippen molar-refractivity contribution in [1.29, 1.82) is 0 Å². The van der Waals surface area contributed by atoms with Gasteiger partial charge in [0.25, 0.3) is 0 Å². The van der Waals surface area contributed by atoms with E-state index in [-0.39, 0.29) is 0 Å². The molecule has 0 spiro atoms. The van der Waals surface area contributed by atoms with Crippen LogP contribution in [0.5, 0.6) is 5.75 Å². The summed E-state index contributed by atoms with van der Waals surface area (Å²) in [4.78, 5) is 18.2. The summed E-state index contributed by atoms with van der Waals surface area (Å²) in [5, 5.41) is 1.11. The Balaban J connectivity index is 1.77. The zero-order valence-corrected chi connectivity index (χ0v) is 13.3. The molecule has 0 saturated heterocycles. The van der Waals surface area contributed by atoms with Crippen LogP contribution in [0, 0.1) is 0 Å². The van der Waals surface area contributed by atoms with E-state index in [2.05, 4.69) is 11.0 Å². The lowest BCUT2D eigenvalue weighted by molar-refractivity contribution is 0.100. The number of nitrogens with two attached hydrogens (primary N) is 1. The molecule has 1 aromatic heterocycles. The van der Waals surface area contributed by atoms with Crippen LogP contribution in [0.15, 0.2) is 48.5 Å². The number of methoxy groups -OCH3 is 1. The third-order valence-corrected chi connectivity index (χ3v) is 4.40. The zero-order chi connectivity index (χ0) is 16.7. The molecule has 0 unspecified atom stereocenters. The molecule has 2 heterocycles. The molecular formula is C19H17N3O2. The third kappa shape index (κ3) is 2.34. The molecule has 5 heteroatoms. The number of amides is 1. The van der Waals surface area contributed by atoms with E-state index in [1.807, 2.05) is 30.3 Å². The lowest BCUT2D eigenvalue weighted by Gasteiger charge is -2.19. The highest BCUT2D eigenvalue weighted by Gasteiger charge is 2.23. The molecule has 0 radical (unpaired) electrons. The average Bonchev–Trinajstić information content (AvgIpc) is 3.02. The Bertz CT molecular complexity index is 935. The molecule has 1 aliphatic heterocycles. The SMILES string of the molecule is COc1ccc2cc3c(nc2c1)N(c1ccc(C(N)=O)cc1)CC3. The Hall–Kier alpha value is -3.08. The molecule has 24 heavy (non-hydrogen) atoms. The number of nitrogens with zero attached hydrogens (tertiary/aromatic N) is 2. The van der Waals surface area contributed by atoms with Gasteiger partial charge in [0.2, 0.25) is 5.91 Å². The minimum Gasteiger partial charge on any atom is -0.497 e. The van der Waals surface area contributed by atoms with Gasteiger partial charge in [-0.2, -0.15) is 0 Å². The van der Waals surface area contributed by atoms with Crippen molar-refractivity contribution in [3.05, 3.63) is 59.7 Å². The van der Waals surface area contributed by atoms with Gasteiger partial charge in [0.05, 0.1) is 12.6 Å². The lowest BCUT2D eigenvalue weighted by Crippen LogP contribution is -2.15. The molecular weight excluding hydrogens is 302 g/mol. The first-order chi connectivity index (χ1) is 11.7. The quantitative estimate of drug-likeness (QED) is 0.805. The predicted octanol–water partition coefficient (Wildman–Crippen LogP) is 3.04. The maximum atomic E-state index is 11.2. The summed E-state index contributed by atoms with van der Waals surface area (Å²) in [7, 11) is 1.65. The molecule has 120 valence electrons. The van der Waals surface area contributed by atoms with Crippen LogP contribution in [0.1, 0.15) is 15.9 Å². The number of fused-ring (bicyclic) bond motifs is 2.